The number of hydrogen-bond acceptors (Lipinski definition) is 3. The zero-order valence-corrected chi connectivity index (χ0v) is 10.6. The van der Waals surface area contributed by atoms with Crippen LogP contribution in [0.4, 0.5) is 11.4 Å². The van der Waals surface area contributed by atoms with Crippen LogP contribution in [-0.2, 0) is 0 Å². The minimum Gasteiger partial charge on any atom is -0.396 e. The van der Waals surface area contributed by atoms with Crippen molar-refractivity contribution in [2.24, 2.45) is 0 Å². The molecule has 2 N–H and O–H groups in total. The molecule has 0 saturated heterocycles. The van der Waals surface area contributed by atoms with Gasteiger partial charge in [-0.2, -0.15) is 0 Å². The van der Waals surface area contributed by atoms with Crippen molar-refractivity contribution in [1.29, 1.82) is 0 Å². The van der Waals surface area contributed by atoms with Crippen LogP contribution in [0, 0.1) is 0 Å². The normalized spacial score (nSPS) is 10.1. The van der Waals surface area contributed by atoms with Crippen molar-refractivity contribution in [2.45, 2.75) is 0 Å². The molecule has 1 amide bonds. The molecule has 5 heteroatoms. The molecule has 1 aromatic carbocycles. The molecule has 0 spiro atoms. The molecule has 1 heterocycles. The molecule has 0 aliphatic rings. The highest BCUT2D eigenvalue weighted by molar-refractivity contribution is 6.30. The Bertz CT molecular complexity index is 569. The smallest absolute Gasteiger partial charge is 0.258 e. The van der Waals surface area contributed by atoms with Crippen molar-refractivity contribution in [3.8, 4) is 0 Å². The average molecular weight is 262 g/mol. The van der Waals surface area contributed by atoms with Crippen LogP contribution < -0.4 is 10.6 Å². The highest BCUT2D eigenvalue weighted by Crippen LogP contribution is 2.22. The number of nitrogens with two attached hydrogens (primary N) is 1. The molecule has 0 saturated carbocycles. The molecule has 0 unspecified atom stereocenters. The van der Waals surface area contributed by atoms with Gasteiger partial charge in [0.05, 0.1) is 17.6 Å². The molecular weight excluding hydrogens is 250 g/mol. The predicted molar refractivity (Wildman–Crippen MR) is 72.8 cm³/mol. The molecule has 0 atom stereocenters. The number of halogens is 1. The van der Waals surface area contributed by atoms with Crippen LogP contribution in [0.5, 0.6) is 0 Å². The van der Waals surface area contributed by atoms with Gasteiger partial charge in [0.15, 0.2) is 0 Å². The molecule has 4 nitrogen and oxygen atoms in total. The van der Waals surface area contributed by atoms with Gasteiger partial charge >= 0.3 is 0 Å². The largest absolute Gasteiger partial charge is 0.396 e. The SMILES string of the molecule is CN(C(=O)c1ccc(Cl)cc1)c1ccncc1N. The molecule has 18 heavy (non-hydrogen) atoms. The lowest BCUT2D eigenvalue weighted by Crippen LogP contribution is -2.27. The summed E-state index contributed by atoms with van der Waals surface area (Å²) in [7, 11) is 1.67. The summed E-state index contributed by atoms with van der Waals surface area (Å²) in [4.78, 5) is 17.6. The van der Waals surface area contributed by atoms with E-state index in [-0.39, 0.29) is 5.91 Å². The van der Waals surface area contributed by atoms with E-state index in [1.165, 1.54) is 11.1 Å². The molecule has 2 aromatic rings. The fourth-order valence-corrected chi connectivity index (χ4v) is 1.73. The van der Waals surface area contributed by atoms with E-state index in [1.807, 2.05) is 0 Å². The fourth-order valence-electron chi connectivity index (χ4n) is 1.60. The molecule has 92 valence electrons. The Morgan fingerprint density at radius 1 is 1.28 bits per heavy atom. The standard InChI is InChI=1S/C13H12ClN3O/c1-17(12-6-7-16-8-11(12)15)13(18)9-2-4-10(14)5-3-9/h2-8H,15H2,1H3. The summed E-state index contributed by atoms with van der Waals surface area (Å²) in [5.41, 5.74) is 7.43. The molecule has 0 bridgehead atoms. The number of aromatic nitrogens is 1. The first-order valence-corrected chi connectivity index (χ1v) is 5.70. The third kappa shape index (κ3) is 2.43. The molecule has 0 aliphatic carbocycles. The van der Waals surface area contributed by atoms with Crippen LogP contribution >= 0.6 is 11.6 Å². The molecule has 1 aromatic heterocycles. The first-order chi connectivity index (χ1) is 8.59. The minimum atomic E-state index is -0.149. The van der Waals surface area contributed by atoms with Crippen molar-refractivity contribution >= 4 is 28.9 Å². The molecule has 2 rings (SSSR count). The van der Waals surface area contributed by atoms with E-state index < -0.39 is 0 Å². The molecule has 0 aliphatic heterocycles. The van der Waals surface area contributed by atoms with Gasteiger partial charge in [0.2, 0.25) is 0 Å². The summed E-state index contributed by atoms with van der Waals surface area (Å²) in [5, 5.41) is 0.595. The van der Waals surface area contributed by atoms with E-state index in [1.54, 1.807) is 43.6 Å². The summed E-state index contributed by atoms with van der Waals surface area (Å²) in [5.74, 6) is -0.149. The Labute approximate surface area is 110 Å². The highest BCUT2D eigenvalue weighted by atomic mass is 35.5. The maximum Gasteiger partial charge on any atom is 0.258 e. The topological polar surface area (TPSA) is 59.2 Å². The number of hydrogen-bond donors (Lipinski definition) is 1. The van der Waals surface area contributed by atoms with E-state index in [0.717, 1.165) is 0 Å². The quantitative estimate of drug-likeness (QED) is 0.904. The lowest BCUT2D eigenvalue weighted by molar-refractivity contribution is 0.0993. The Balaban J connectivity index is 2.29. The number of nitrogen functional groups attached to an aromatic ring is 1. The van der Waals surface area contributed by atoms with Gasteiger partial charge in [0.25, 0.3) is 5.91 Å². The Kier molecular flexibility index (Phi) is 3.48. The zero-order valence-electron chi connectivity index (χ0n) is 9.80. The minimum absolute atomic E-state index is 0.149. The summed E-state index contributed by atoms with van der Waals surface area (Å²) >= 11 is 5.78. The number of amides is 1. The van der Waals surface area contributed by atoms with Gasteiger partial charge in [-0.3, -0.25) is 9.78 Å². The van der Waals surface area contributed by atoms with Gasteiger partial charge in [-0.05, 0) is 30.3 Å². The van der Waals surface area contributed by atoms with Gasteiger partial charge < -0.3 is 10.6 Å². The maximum atomic E-state index is 12.2. The van der Waals surface area contributed by atoms with E-state index in [0.29, 0.717) is 22.0 Å². The maximum absolute atomic E-state index is 12.2. The molecule has 0 radical (unpaired) electrons. The second-order valence-corrected chi connectivity index (χ2v) is 4.24. The van der Waals surface area contributed by atoms with Crippen LogP contribution in [0.1, 0.15) is 10.4 Å². The fraction of sp³-hybridized carbons (Fsp3) is 0.0769. The second-order valence-electron chi connectivity index (χ2n) is 3.81. The van der Waals surface area contributed by atoms with Crippen molar-refractivity contribution < 1.29 is 4.79 Å². The van der Waals surface area contributed by atoms with Crippen LogP contribution in [0.3, 0.4) is 0 Å². The predicted octanol–water partition coefficient (Wildman–Crippen LogP) is 2.59. The van der Waals surface area contributed by atoms with Crippen LogP contribution in [0.2, 0.25) is 5.02 Å². The van der Waals surface area contributed by atoms with Crippen molar-refractivity contribution in [2.75, 3.05) is 17.7 Å². The van der Waals surface area contributed by atoms with Crippen LogP contribution in [0.15, 0.2) is 42.7 Å². The van der Waals surface area contributed by atoms with Crippen LogP contribution in [0.25, 0.3) is 0 Å². The Hall–Kier alpha value is -2.07. The third-order valence-corrected chi connectivity index (χ3v) is 2.84. The van der Waals surface area contributed by atoms with Gasteiger partial charge in [-0.25, -0.2) is 0 Å². The van der Waals surface area contributed by atoms with Gasteiger partial charge in [-0.1, -0.05) is 11.6 Å². The summed E-state index contributed by atoms with van der Waals surface area (Å²) < 4.78 is 0. The van der Waals surface area contributed by atoms with E-state index in [4.69, 9.17) is 17.3 Å². The number of carbonyl (C=O) groups excluding carboxylic acids is 1. The number of nitrogens with zero attached hydrogens (tertiary/aromatic N) is 2. The van der Waals surface area contributed by atoms with Crippen molar-refractivity contribution in [3.05, 3.63) is 53.3 Å². The van der Waals surface area contributed by atoms with E-state index in [9.17, 15) is 4.79 Å². The Morgan fingerprint density at radius 3 is 2.56 bits per heavy atom. The number of pyridine rings is 1. The number of rotatable bonds is 2. The first-order valence-electron chi connectivity index (χ1n) is 5.32. The third-order valence-electron chi connectivity index (χ3n) is 2.59. The number of benzene rings is 1. The lowest BCUT2D eigenvalue weighted by atomic mass is 10.2. The van der Waals surface area contributed by atoms with Gasteiger partial charge in [-0.15, -0.1) is 0 Å². The molecule has 0 fully saturated rings. The number of carbonyl (C=O) groups is 1. The monoisotopic (exact) mass is 261 g/mol. The zero-order chi connectivity index (χ0) is 13.1. The van der Waals surface area contributed by atoms with Gasteiger partial charge in [0, 0.05) is 23.8 Å². The van der Waals surface area contributed by atoms with Crippen molar-refractivity contribution in [1.82, 2.24) is 4.98 Å². The van der Waals surface area contributed by atoms with Crippen LogP contribution in [-0.4, -0.2) is 17.9 Å². The number of anilines is 2. The summed E-state index contributed by atoms with van der Waals surface area (Å²) in [6.07, 6.45) is 3.11. The second kappa shape index (κ2) is 5.06. The highest BCUT2D eigenvalue weighted by Gasteiger charge is 2.15. The molecular formula is C13H12ClN3O. The average Bonchev–Trinajstić information content (AvgIpc) is 2.38. The lowest BCUT2D eigenvalue weighted by Gasteiger charge is -2.18. The van der Waals surface area contributed by atoms with Crippen molar-refractivity contribution in [3.63, 3.8) is 0 Å². The summed E-state index contributed by atoms with van der Waals surface area (Å²) in [6, 6.07) is 8.41. The van der Waals surface area contributed by atoms with Gasteiger partial charge in [0.1, 0.15) is 0 Å². The first kappa shape index (κ1) is 12.4. The Morgan fingerprint density at radius 2 is 1.94 bits per heavy atom. The summed E-state index contributed by atoms with van der Waals surface area (Å²) in [6.45, 7) is 0. The van der Waals surface area contributed by atoms with E-state index in [2.05, 4.69) is 4.98 Å². The van der Waals surface area contributed by atoms with E-state index >= 15 is 0 Å².